The summed E-state index contributed by atoms with van der Waals surface area (Å²) in [6.45, 7) is 9.18. The normalized spacial score (nSPS) is 19.9. The first-order chi connectivity index (χ1) is 8.37. The predicted octanol–water partition coefficient (Wildman–Crippen LogP) is 2.91. The molecule has 100 valence electrons. The van der Waals surface area contributed by atoms with E-state index in [2.05, 4.69) is 18.7 Å². The molecule has 18 heavy (non-hydrogen) atoms. The minimum atomic E-state index is -0.987. The molecule has 4 nitrogen and oxygen atoms in total. The molecular formula is C14H21NO3. The van der Waals surface area contributed by atoms with Crippen LogP contribution in [-0.4, -0.2) is 29.1 Å². The summed E-state index contributed by atoms with van der Waals surface area (Å²) in [7, 11) is 0. The topological polar surface area (TPSA) is 53.7 Å². The largest absolute Gasteiger partial charge is 0.475 e. The maximum atomic E-state index is 10.9. The summed E-state index contributed by atoms with van der Waals surface area (Å²) in [4.78, 5) is 13.2. The van der Waals surface area contributed by atoms with E-state index < -0.39 is 5.97 Å². The number of carboxylic acid groups (broad SMARTS) is 1. The number of hydrogen-bond acceptors (Lipinski definition) is 3. The van der Waals surface area contributed by atoms with Crippen molar-refractivity contribution < 1.29 is 14.3 Å². The number of hydrogen-bond donors (Lipinski definition) is 1. The van der Waals surface area contributed by atoms with E-state index in [0.717, 1.165) is 18.8 Å². The van der Waals surface area contributed by atoms with E-state index >= 15 is 0 Å². The lowest BCUT2D eigenvalue weighted by Crippen LogP contribution is -2.36. The third-order valence-electron chi connectivity index (χ3n) is 3.75. The van der Waals surface area contributed by atoms with Gasteiger partial charge in [-0.05, 0) is 44.3 Å². The molecule has 1 fully saturated rings. The smallest absolute Gasteiger partial charge is 0.372 e. The van der Waals surface area contributed by atoms with Gasteiger partial charge in [0.1, 0.15) is 5.76 Å². The van der Waals surface area contributed by atoms with Gasteiger partial charge in [0.2, 0.25) is 5.76 Å². The number of piperidine rings is 1. The standard InChI is InChI=1S/C14H21NO3/c1-10-8-11(18-12(10)13(16)17)9-15-6-4-14(2,3)5-7-15/h8H,4-7,9H2,1-3H3,(H,16,17). The van der Waals surface area contributed by atoms with E-state index in [9.17, 15) is 4.79 Å². The molecule has 0 saturated carbocycles. The first-order valence-electron chi connectivity index (χ1n) is 6.42. The number of carboxylic acids is 1. The van der Waals surface area contributed by atoms with Crippen molar-refractivity contribution in [1.82, 2.24) is 4.90 Å². The van der Waals surface area contributed by atoms with E-state index in [4.69, 9.17) is 9.52 Å². The molecule has 0 bridgehead atoms. The fraction of sp³-hybridized carbons (Fsp3) is 0.643. The van der Waals surface area contributed by atoms with E-state index in [1.807, 2.05) is 6.07 Å². The molecule has 0 amide bonds. The van der Waals surface area contributed by atoms with Gasteiger partial charge in [0, 0.05) is 5.56 Å². The molecule has 2 heterocycles. The second-order valence-electron chi connectivity index (χ2n) is 5.97. The first-order valence-corrected chi connectivity index (χ1v) is 6.42. The SMILES string of the molecule is Cc1cc(CN2CCC(C)(C)CC2)oc1C(=O)O. The van der Waals surface area contributed by atoms with Crippen LogP contribution in [0.25, 0.3) is 0 Å². The van der Waals surface area contributed by atoms with Crippen LogP contribution in [0.5, 0.6) is 0 Å². The summed E-state index contributed by atoms with van der Waals surface area (Å²) in [5.74, 6) is -0.162. The number of likely N-dealkylation sites (tertiary alicyclic amines) is 1. The first kappa shape index (κ1) is 13.1. The molecule has 0 radical (unpaired) electrons. The zero-order chi connectivity index (χ0) is 13.3. The highest BCUT2D eigenvalue weighted by Gasteiger charge is 2.26. The van der Waals surface area contributed by atoms with E-state index in [-0.39, 0.29) is 5.76 Å². The highest BCUT2D eigenvalue weighted by Crippen LogP contribution is 2.30. The summed E-state index contributed by atoms with van der Waals surface area (Å²) in [6.07, 6.45) is 2.36. The fourth-order valence-electron chi connectivity index (χ4n) is 2.38. The van der Waals surface area contributed by atoms with Crippen LogP contribution in [-0.2, 0) is 6.54 Å². The van der Waals surface area contributed by atoms with E-state index in [0.29, 0.717) is 17.5 Å². The van der Waals surface area contributed by atoms with Crippen molar-refractivity contribution in [3.63, 3.8) is 0 Å². The minimum Gasteiger partial charge on any atom is -0.475 e. The lowest BCUT2D eigenvalue weighted by atomic mass is 9.83. The molecule has 0 spiro atoms. The summed E-state index contributed by atoms with van der Waals surface area (Å²) >= 11 is 0. The van der Waals surface area contributed by atoms with Gasteiger partial charge < -0.3 is 9.52 Å². The van der Waals surface area contributed by atoms with Crippen LogP contribution in [0.2, 0.25) is 0 Å². The van der Waals surface area contributed by atoms with Gasteiger partial charge in [-0.15, -0.1) is 0 Å². The van der Waals surface area contributed by atoms with Crippen molar-refractivity contribution >= 4 is 5.97 Å². The van der Waals surface area contributed by atoms with Crippen molar-refractivity contribution in [3.8, 4) is 0 Å². The molecule has 1 aromatic heterocycles. The Bertz CT molecular complexity index is 438. The molecule has 4 heteroatoms. The molecule has 0 aliphatic carbocycles. The summed E-state index contributed by atoms with van der Waals surface area (Å²) in [6, 6.07) is 1.84. The monoisotopic (exact) mass is 251 g/mol. The average molecular weight is 251 g/mol. The zero-order valence-electron chi connectivity index (χ0n) is 11.3. The number of nitrogens with zero attached hydrogens (tertiary/aromatic N) is 1. The summed E-state index contributed by atoms with van der Waals surface area (Å²) in [5.41, 5.74) is 1.14. The minimum absolute atomic E-state index is 0.0716. The Morgan fingerprint density at radius 1 is 1.44 bits per heavy atom. The van der Waals surface area contributed by atoms with Gasteiger partial charge in [-0.3, -0.25) is 4.90 Å². The Balaban J connectivity index is 1.98. The highest BCUT2D eigenvalue weighted by atomic mass is 16.4. The second kappa shape index (κ2) is 4.76. The van der Waals surface area contributed by atoms with Crippen LogP contribution >= 0.6 is 0 Å². The predicted molar refractivity (Wildman–Crippen MR) is 68.7 cm³/mol. The number of aromatic carboxylic acids is 1. The van der Waals surface area contributed by atoms with Crippen molar-refractivity contribution in [2.45, 2.75) is 40.2 Å². The highest BCUT2D eigenvalue weighted by molar-refractivity contribution is 5.86. The van der Waals surface area contributed by atoms with Crippen LogP contribution in [0.4, 0.5) is 0 Å². The number of carbonyl (C=O) groups is 1. The van der Waals surface area contributed by atoms with Gasteiger partial charge in [-0.1, -0.05) is 13.8 Å². The lowest BCUT2D eigenvalue weighted by molar-refractivity contribution is 0.0654. The maximum absolute atomic E-state index is 10.9. The maximum Gasteiger partial charge on any atom is 0.372 e. The Labute approximate surface area is 108 Å². The van der Waals surface area contributed by atoms with E-state index in [1.54, 1.807) is 6.92 Å². The molecular weight excluding hydrogens is 230 g/mol. The third kappa shape index (κ3) is 2.93. The van der Waals surface area contributed by atoms with Crippen molar-refractivity contribution in [2.75, 3.05) is 13.1 Å². The van der Waals surface area contributed by atoms with Crippen molar-refractivity contribution in [3.05, 3.63) is 23.2 Å². The molecule has 1 aliphatic rings. The molecule has 0 atom stereocenters. The van der Waals surface area contributed by atoms with Crippen LogP contribution in [0, 0.1) is 12.3 Å². The van der Waals surface area contributed by atoms with Crippen LogP contribution in [0.3, 0.4) is 0 Å². The Hall–Kier alpha value is -1.29. The second-order valence-corrected chi connectivity index (χ2v) is 5.97. The Morgan fingerprint density at radius 2 is 2.06 bits per heavy atom. The van der Waals surface area contributed by atoms with Gasteiger partial charge in [0.15, 0.2) is 0 Å². The lowest BCUT2D eigenvalue weighted by Gasteiger charge is -2.36. The molecule has 0 aromatic carbocycles. The molecule has 2 rings (SSSR count). The molecule has 1 aliphatic heterocycles. The van der Waals surface area contributed by atoms with Gasteiger partial charge in [-0.25, -0.2) is 4.79 Å². The van der Waals surface area contributed by atoms with Crippen LogP contribution in [0.15, 0.2) is 10.5 Å². The van der Waals surface area contributed by atoms with Crippen LogP contribution < -0.4 is 0 Å². The van der Waals surface area contributed by atoms with Gasteiger partial charge in [0.05, 0.1) is 6.54 Å². The van der Waals surface area contributed by atoms with E-state index in [1.165, 1.54) is 12.8 Å². The fourth-order valence-corrected chi connectivity index (χ4v) is 2.38. The molecule has 0 unspecified atom stereocenters. The Morgan fingerprint density at radius 3 is 2.56 bits per heavy atom. The number of rotatable bonds is 3. The average Bonchev–Trinajstić information content (AvgIpc) is 2.63. The van der Waals surface area contributed by atoms with Gasteiger partial charge in [0.25, 0.3) is 0 Å². The number of furan rings is 1. The number of aryl methyl sites for hydroxylation is 1. The van der Waals surface area contributed by atoms with Gasteiger partial charge >= 0.3 is 5.97 Å². The quantitative estimate of drug-likeness (QED) is 0.897. The summed E-state index contributed by atoms with van der Waals surface area (Å²) in [5, 5.41) is 8.95. The van der Waals surface area contributed by atoms with Crippen molar-refractivity contribution in [1.29, 1.82) is 0 Å². The van der Waals surface area contributed by atoms with Crippen LogP contribution in [0.1, 0.15) is 48.6 Å². The van der Waals surface area contributed by atoms with Gasteiger partial charge in [-0.2, -0.15) is 0 Å². The molecule has 1 saturated heterocycles. The zero-order valence-corrected chi connectivity index (χ0v) is 11.3. The third-order valence-corrected chi connectivity index (χ3v) is 3.75. The summed E-state index contributed by atoms with van der Waals surface area (Å²) < 4.78 is 5.39. The Kier molecular flexibility index (Phi) is 3.48. The molecule has 1 N–H and O–H groups in total. The molecule has 1 aromatic rings. The van der Waals surface area contributed by atoms with Crippen molar-refractivity contribution in [2.24, 2.45) is 5.41 Å².